The van der Waals surface area contributed by atoms with Crippen molar-refractivity contribution in [2.45, 2.75) is 58.6 Å². The number of aromatic nitrogens is 3. The summed E-state index contributed by atoms with van der Waals surface area (Å²) in [6.07, 6.45) is 3.46. The fourth-order valence-electron chi connectivity index (χ4n) is 5.18. The molecule has 2 N–H and O–H groups in total. The molecule has 4 aromatic rings. The van der Waals surface area contributed by atoms with Gasteiger partial charge in [-0.05, 0) is 55.2 Å². The Kier molecular flexibility index (Phi) is 7.47. The zero-order valence-electron chi connectivity index (χ0n) is 23.5. The average molecular weight is 535 g/mol. The molecule has 0 fully saturated rings. The third-order valence-corrected chi connectivity index (χ3v) is 7.09. The smallest absolute Gasteiger partial charge is 0.351 e. The molecule has 1 aliphatic heterocycles. The Morgan fingerprint density at radius 1 is 1.12 bits per heavy atom. The number of fused-ring (bicyclic) bond motifs is 1. The van der Waals surface area contributed by atoms with Crippen molar-refractivity contribution in [2.24, 2.45) is 0 Å². The van der Waals surface area contributed by atoms with E-state index in [1.165, 1.54) is 12.5 Å². The van der Waals surface area contributed by atoms with Gasteiger partial charge in [-0.3, -0.25) is 14.8 Å². The summed E-state index contributed by atoms with van der Waals surface area (Å²) < 4.78 is 9.28. The minimum Gasteiger partial charge on any atom is -0.487 e. The number of carbonyl (C=O) groups is 1. The van der Waals surface area contributed by atoms with Gasteiger partial charge in [-0.2, -0.15) is 4.68 Å². The highest BCUT2D eigenvalue weighted by Crippen LogP contribution is 2.35. The van der Waals surface area contributed by atoms with E-state index in [2.05, 4.69) is 26.1 Å². The average Bonchev–Trinajstić information content (AvgIpc) is 3.41. The maximum atomic E-state index is 13.7. The first-order chi connectivity index (χ1) is 19.1. The molecule has 0 unspecified atom stereocenters. The van der Waals surface area contributed by atoms with Gasteiger partial charge in [-0.15, -0.1) is 5.10 Å². The molecule has 0 saturated carbocycles. The van der Waals surface area contributed by atoms with Gasteiger partial charge in [0, 0.05) is 24.0 Å². The third-order valence-electron chi connectivity index (χ3n) is 7.09. The van der Waals surface area contributed by atoms with Crippen LogP contribution >= 0.6 is 0 Å². The van der Waals surface area contributed by atoms with Gasteiger partial charge < -0.3 is 10.1 Å². The molecule has 40 heavy (non-hydrogen) atoms. The van der Waals surface area contributed by atoms with E-state index in [-0.39, 0.29) is 22.9 Å². The van der Waals surface area contributed by atoms with Crippen molar-refractivity contribution in [3.63, 3.8) is 0 Å². The summed E-state index contributed by atoms with van der Waals surface area (Å²) >= 11 is 0. The van der Waals surface area contributed by atoms with Gasteiger partial charge in [0.25, 0.3) is 0 Å². The van der Waals surface area contributed by atoms with Crippen LogP contribution in [0.5, 0.6) is 5.75 Å². The Labute approximate surface area is 234 Å². The van der Waals surface area contributed by atoms with Crippen LogP contribution in [0.3, 0.4) is 0 Å². The van der Waals surface area contributed by atoms with Gasteiger partial charge in [0.05, 0.1) is 12.2 Å². The summed E-state index contributed by atoms with van der Waals surface area (Å²) in [6.45, 7) is 6.66. The Morgan fingerprint density at radius 3 is 2.60 bits per heavy atom. The minimum atomic E-state index is -0.280. The molecule has 1 amide bonds. The number of carbonyl (C=O) groups excluding carboxylic acids is 1. The first kappa shape index (κ1) is 27.2. The molecule has 0 saturated heterocycles. The van der Waals surface area contributed by atoms with E-state index in [9.17, 15) is 9.59 Å². The number of hydrogen-bond acceptors (Lipinski definition) is 5. The summed E-state index contributed by atoms with van der Waals surface area (Å²) in [4.78, 5) is 25.1. The number of benzene rings is 3. The van der Waals surface area contributed by atoms with E-state index < -0.39 is 0 Å². The van der Waals surface area contributed by atoms with E-state index in [0.29, 0.717) is 12.1 Å². The van der Waals surface area contributed by atoms with Crippen LogP contribution in [0.15, 0.2) is 71.5 Å². The van der Waals surface area contributed by atoms with Gasteiger partial charge in [0.1, 0.15) is 23.0 Å². The maximum Gasteiger partial charge on any atom is 0.351 e. The van der Waals surface area contributed by atoms with Gasteiger partial charge >= 0.3 is 5.69 Å². The van der Waals surface area contributed by atoms with E-state index >= 15 is 0 Å². The molecular formula is C31H34BN5O3. The zero-order chi connectivity index (χ0) is 28.4. The van der Waals surface area contributed by atoms with Crippen LogP contribution in [0.4, 0.5) is 4.79 Å². The Bertz CT molecular complexity index is 1640. The number of hydrogen-bond donors (Lipinski definition) is 2. The van der Waals surface area contributed by atoms with Gasteiger partial charge in [0.2, 0.25) is 7.85 Å². The van der Waals surface area contributed by atoms with Crippen molar-refractivity contribution < 1.29 is 9.53 Å². The normalized spacial score (nSPS) is 13.5. The van der Waals surface area contributed by atoms with E-state index in [1.54, 1.807) is 4.57 Å². The summed E-state index contributed by atoms with van der Waals surface area (Å²) in [5.41, 5.74) is 4.81. The second-order valence-corrected chi connectivity index (χ2v) is 10.9. The van der Waals surface area contributed by atoms with Gasteiger partial charge in [0.15, 0.2) is 5.81 Å². The molecule has 204 valence electrons. The molecule has 0 atom stereocenters. The number of amides is 1. The third kappa shape index (κ3) is 5.64. The predicted octanol–water partition coefficient (Wildman–Crippen LogP) is 4.47. The van der Waals surface area contributed by atoms with E-state index in [0.717, 1.165) is 65.2 Å². The Morgan fingerprint density at radius 2 is 1.88 bits per heavy atom. The second kappa shape index (κ2) is 11.0. The number of amidine groups is 1. The molecule has 3 aromatic carbocycles. The quantitative estimate of drug-likeness (QED) is 0.197. The molecule has 0 aliphatic carbocycles. The Hall–Kier alpha value is -4.40. The number of nitrogens with zero attached hydrogens (tertiary/aromatic N) is 3. The number of aryl methyl sites for hydroxylation is 1. The standard InChI is InChI=1S/C31H34BN5O3/c1-4-5-10-27-35-37(23-15-16-26-22(17-23)18-31(2,3)40-26)30(39)36(27)19-20-11-13-21(14-12-20)24-8-6-7-9-25(24)28(33)34-29(32)38/h6-9,11-17H,4-5,10,18-19,32H2,1-3H3,(H2,33,34,38). The molecule has 0 radical (unpaired) electrons. The lowest BCUT2D eigenvalue weighted by atomic mass is 9.97. The fraction of sp³-hybridized carbons (Fsp3) is 0.290. The van der Waals surface area contributed by atoms with Crippen LogP contribution < -0.4 is 15.7 Å². The lowest BCUT2D eigenvalue weighted by Gasteiger charge is -2.16. The summed E-state index contributed by atoms with van der Waals surface area (Å²) in [5.74, 6) is 1.41. The summed E-state index contributed by atoms with van der Waals surface area (Å²) in [7, 11) is 1.39. The fourth-order valence-corrected chi connectivity index (χ4v) is 5.18. The highest BCUT2D eigenvalue weighted by Gasteiger charge is 2.30. The largest absolute Gasteiger partial charge is 0.487 e. The van der Waals surface area contributed by atoms with Gasteiger partial charge in [-0.1, -0.05) is 61.9 Å². The SMILES string of the molecule is BC(=O)NC(=N)c1ccccc1-c1ccc(Cn2c(CCCC)nn(-c3ccc4c(c3)CC(C)(C)O4)c2=O)cc1. The first-order valence-electron chi connectivity index (χ1n) is 13.7. The zero-order valence-corrected chi connectivity index (χ0v) is 23.5. The van der Waals surface area contributed by atoms with Crippen LogP contribution in [0.2, 0.25) is 0 Å². The molecular weight excluding hydrogens is 501 g/mol. The Balaban J connectivity index is 1.44. The van der Waals surface area contributed by atoms with Crippen molar-refractivity contribution in [3.8, 4) is 22.6 Å². The van der Waals surface area contributed by atoms with Crippen molar-refractivity contribution >= 4 is 19.5 Å². The molecule has 9 heteroatoms. The lowest BCUT2D eigenvalue weighted by Crippen LogP contribution is -2.29. The summed E-state index contributed by atoms with van der Waals surface area (Å²) in [5, 5.41) is 15.6. The first-order valence-corrected chi connectivity index (χ1v) is 13.7. The van der Waals surface area contributed by atoms with Gasteiger partial charge in [-0.25, -0.2) is 4.79 Å². The number of ether oxygens (including phenoxy) is 1. The molecule has 0 spiro atoms. The minimum absolute atomic E-state index is 0.0633. The number of rotatable bonds is 8. The van der Waals surface area contributed by atoms with Crippen LogP contribution in [0.1, 0.15) is 56.1 Å². The van der Waals surface area contributed by atoms with Crippen LogP contribution in [-0.4, -0.2) is 39.4 Å². The molecule has 1 aromatic heterocycles. The van der Waals surface area contributed by atoms with Crippen molar-refractivity contribution in [1.82, 2.24) is 19.7 Å². The van der Waals surface area contributed by atoms with Crippen molar-refractivity contribution in [3.05, 3.63) is 99.7 Å². The maximum absolute atomic E-state index is 13.7. The van der Waals surface area contributed by atoms with Crippen LogP contribution in [0, 0.1) is 5.41 Å². The molecule has 0 bridgehead atoms. The van der Waals surface area contributed by atoms with E-state index in [1.807, 2.05) is 66.7 Å². The number of unbranched alkanes of at least 4 members (excludes halogenated alkanes) is 1. The van der Waals surface area contributed by atoms with E-state index in [4.69, 9.17) is 15.2 Å². The molecule has 5 rings (SSSR count). The molecule has 2 heterocycles. The predicted molar refractivity (Wildman–Crippen MR) is 160 cm³/mol. The molecule has 8 nitrogen and oxygen atoms in total. The van der Waals surface area contributed by atoms with Crippen molar-refractivity contribution in [2.75, 3.05) is 0 Å². The monoisotopic (exact) mass is 535 g/mol. The van der Waals surface area contributed by atoms with Crippen LogP contribution in [0.25, 0.3) is 16.8 Å². The lowest BCUT2D eigenvalue weighted by molar-refractivity contribution is 0.138. The highest BCUT2D eigenvalue weighted by atomic mass is 16.5. The number of nitrogens with one attached hydrogen (secondary N) is 2. The van der Waals surface area contributed by atoms with Crippen LogP contribution in [-0.2, 0) is 19.4 Å². The van der Waals surface area contributed by atoms with Crippen molar-refractivity contribution in [1.29, 1.82) is 5.41 Å². The summed E-state index contributed by atoms with van der Waals surface area (Å²) in [6, 6.07) is 21.3. The second-order valence-electron chi connectivity index (χ2n) is 10.9. The topological polar surface area (TPSA) is 102 Å². The molecule has 1 aliphatic rings. The highest BCUT2D eigenvalue weighted by molar-refractivity contribution is 6.58.